The summed E-state index contributed by atoms with van der Waals surface area (Å²) in [5.41, 5.74) is 3.77. The molecule has 3 aromatic carbocycles. The number of hydrogen-bond acceptors (Lipinski definition) is 7. The van der Waals surface area contributed by atoms with Crippen molar-refractivity contribution in [1.29, 1.82) is 0 Å². The average Bonchev–Trinajstić information content (AvgIpc) is 3.30. The standard InChI is InChI=1S/C28H25ClN4O4S/c1-19-6-9-23(17-24(19)29)31-12-14-32(15-13-31)28-30-27(34)26(38-28)16-21-4-2-3-5-25(21)37-18-20-7-10-22(11-8-20)33(35)36/h2-11,16-17H,12-15,18H2,1H3. The van der Waals surface area contributed by atoms with Crippen molar-refractivity contribution in [3.8, 4) is 5.75 Å². The number of ether oxygens (including phenoxy) is 1. The van der Waals surface area contributed by atoms with Crippen LogP contribution in [0.2, 0.25) is 5.02 Å². The number of hydrogen-bond donors (Lipinski definition) is 0. The van der Waals surface area contributed by atoms with Crippen molar-refractivity contribution in [3.05, 3.63) is 103 Å². The quantitative estimate of drug-likeness (QED) is 0.214. The molecule has 0 atom stereocenters. The van der Waals surface area contributed by atoms with Crippen molar-refractivity contribution in [2.75, 3.05) is 31.1 Å². The number of halogens is 1. The van der Waals surface area contributed by atoms with Crippen molar-refractivity contribution in [2.24, 2.45) is 4.99 Å². The maximum Gasteiger partial charge on any atom is 0.286 e. The lowest BCUT2D eigenvalue weighted by molar-refractivity contribution is -0.384. The highest BCUT2D eigenvalue weighted by atomic mass is 35.5. The van der Waals surface area contributed by atoms with E-state index < -0.39 is 4.92 Å². The van der Waals surface area contributed by atoms with Crippen LogP contribution in [0.5, 0.6) is 5.75 Å². The Morgan fingerprint density at radius 2 is 1.76 bits per heavy atom. The fraction of sp³-hybridized carbons (Fsp3) is 0.214. The fourth-order valence-corrected chi connectivity index (χ4v) is 5.35. The molecule has 0 aliphatic carbocycles. The minimum atomic E-state index is -0.432. The van der Waals surface area contributed by atoms with E-state index in [2.05, 4.69) is 20.9 Å². The number of aliphatic imine (C=N–C) groups is 1. The Bertz CT molecular complexity index is 1430. The molecule has 0 spiro atoms. The predicted octanol–water partition coefficient (Wildman–Crippen LogP) is 5.93. The molecule has 194 valence electrons. The summed E-state index contributed by atoms with van der Waals surface area (Å²) >= 11 is 7.68. The first-order valence-corrected chi connectivity index (χ1v) is 13.3. The van der Waals surface area contributed by atoms with E-state index in [1.807, 2.05) is 43.3 Å². The van der Waals surface area contributed by atoms with Crippen LogP contribution in [-0.4, -0.2) is 47.1 Å². The number of aryl methyl sites for hydroxylation is 1. The van der Waals surface area contributed by atoms with Crippen molar-refractivity contribution < 1.29 is 14.5 Å². The molecule has 3 aromatic rings. The lowest BCUT2D eigenvalue weighted by atomic mass is 10.1. The highest BCUT2D eigenvalue weighted by molar-refractivity contribution is 8.18. The Kier molecular flexibility index (Phi) is 7.67. The number of thioether (sulfide) groups is 1. The molecule has 2 aliphatic heterocycles. The number of benzene rings is 3. The maximum absolute atomic E-state index is 12.7. The maximum atomic E-state index is 12.7. The summed E-state index contributed by atoms with van der Waals surface area (Å²) in [6.45, 7) is 5.37. The fourth-order valence-electron chi connectivity index (χ4n) is 4.22. The van der Waals surface area contributed by atoms with Crippen LogP contribution in [0.3, 0.4) is 0 Å². The largest absolute Gasteiger partial charge is 0.488 e. The van der Waals surface area contributed by atoms with E-state index in [0.29, 0.717) is 15.8 Å². The minimum Gasteiger partial charge on any atom is -0.488 e. The molecule has 1 fully saturated rings. The van der Waals surface area contributed by atoms with Gasteiger partial charge in [0.25, 0.3) is 11.6 Å². The Morgan fingerprint density at radius 1 is 1.05 bits per heavy atom. The summed E-state index contributed by atoms with van der Waals surface area (Å²) in [6, 6.07) is 19.8. The van der Waals surface area contributed by atoms with E-state index in [1.165, 1.54) is 23.9 Å². The molecule has 1 amide bonds. The normalized spacial score (nSPS) is 16.6. The van der Waals surface area contributed by atoms with Gasteiger partial charge in [-0.25, -0.2) is 0 Å². The highest BCUT2D eigenvalue weighted by Crippen LogP contribution is 2.33. The zero-order valence-electron chi connectivity index (χ0n) is 20.7. The van der Waals surface area contributed by atoms with E-state index in [4.69, 9.17) is 16.3 Å². The van der Waals surface area contributed by atoms with Gasteiger partial charge < -0.3 is 14.5 Å². The van der Waals surface area contributed by atoms with Crippen LogP contribution in [-0.2, 0) is 11.4 Å². The molecule has 0 saturated carbocycles. The summed E-state index contributed by atoms with van der Waals surface area (Å²) in [5.74, 6) is 0.355. The molecule has 5 rings (SSSR count). The van der Waals surface area contributed by atoms with Crippen LogP contribution < -0.4 is 9.64 Å². The molecular formula is C28H25ClN4O4S. The number of anilines is 1. The molecule has 0 unspecified atom stereocenters. The number of carbonyl (C=O) groups excluding carboxylic acids is 1. The zero-order chi connectivity index (χ0) is 26.6. The molecule has 2 aliphatic rings. The van der Waals surface area contributed by atoms with Gasteiger partial charge in [0.05, 0.1) is 9.83 Å². The second kappa shape index (κ2) is 11.3. The number of nitrogens with zero attached hydrogens (tertiary/aromatic N) is 4. The molecule has 0 N–H and O–H groups in total. The van der Waals surface area contributed by atoms with Crippen molar-refractivity contribution in [3.63, 3.8) is 0 Å². The number of non-ortho nitro benzene ring substituents is 1. The average molecular weight is 549 g/mol. The first-order valence-electron chi connectivity index (χ1n) is 12.1. The molecule has 8 nitrogen and oxygen atoms in total. The SMILES string of the molecule is Cc1ccc(N2CCN(C3=NC(=O)C(=Cc4ccccc4OCc4ccc([N+](=O)[O-])cc4)S3)CC2)cc1Cl. The molecule has 10 heteroatoms. The number of nitro benzene ring substituents is 1. The number of nitro groups is 1. The number of carbonyl (C=O) groups is 1. The van der Waals surface area contributed by atoms with Crippen LogP contribution in [0.4, 0.5) is 11.4 Å². The molecule has 38 heavy (non-hydrogen) atoms. The third-order valence-corrected chi connectivity index (χ3v) is 7.88. The van der Waals surface area contributed by atoms with Gasteiger partial charge in [-0.1, -0.05) is 35.9 Å². The molecule has 1 saturated heterocycles. The second-order valence-corrected chi connectivity index (χ2v) is 10.4. The number of para-hydroxylation sites is 1. The van der Waals surface area contributed by atoms with Gasteiger partial charge in [-0.3, -0.25) is 14.9 Å². The summed E-state index contributed by atoms with van der Waals surface area (Å²) in [7, 11) is 0. The number of piperazine rings is 1. The molecule has 0 aromatic heterocycles. The predicted molar refractivity (Wildman–Crippen MR) is 152 cm³/mol. The van der Waals surface area contributed by atoms with Gasteiger partial charge >= 0.3 is 0 Å². The Labute approximate surface area is 229 Å². The Morgan fingerprint density at radius 3 is 2.47 bits per heavy atom. The molecule has 0 radical (unpaired) electrons. The van der Waals surface area contributed by atoms with Crippen LogP contribution >= 0.6 is 23.4 Å². The topological polar surface area (TPSA) is 88.3 Å². The molecule has 0 bridgehead atoms. The van der Waals surface area contributed by atoms with Crippen LogP contribution in [0, 0.1) is 17.0 Å². The van der Waals surface area contributed by atoms with Crippen LogP contribution in [0.15, 0.2) is 76.6 Å². The van der Waals surface area contributed by atoms with Crippen molar-refractivity contribution in [2.45, 2.75) is 13.5 Å². The van der Waals surface area contributed by atoms with Crippen LogP contribution in [0.1, 0.15) is 16.7 Å². The van der Waals surface area contributed by atoms with E-state index in [9.17, 15) is 14.9 Å². The van der Waals surface area contributed by atoms with E-state index in [1.54, 1.807) is 18.2 Å². The van der Waals surface area contributed by atoms with Gasteiger partial charge in [0.2, 0.25) is 0 Å². The lowest BCUT2D eigenvalue weighted by Gasteiger charge is -2.36. The highest BCUT2D eigenvalue weighted by Gasteiger charge is 2.29. The van der Waals surface area contributed by atoms with E-state index in [0.717, 1.165) is 53.6 Å². The van der Waals surface area contributed by atoms with Gasteiger partial charge in [-0.15, -0.1) is 0 Å². The smallest absolute Gasteiger partial charge is 0.286 e. The Balaban J connectivity index is 1.21. The van der Waals surface area contributed by atoms with Crippen molar-refractivity contribution >= 4 is 51.9 Å². The monoisotopic (exact) mass is 548 g/mol. The van der Waals surface area contributed by atoms with Gasteiger partial charge in [0.1, 0.15) is 12.4 Å². The van der Waals surface area contributed by atoms with Gasteiger partial charge in [0.15, 0.2) is 5.17 Å². The summed E-state index contributed by atoms with van der Waals surface area (Å²) in [6.07, 6.45) is 1.80. The van der Waals surface area contributed by atoms with E-state index >= 15 is 0 Å². The molecular weight excluding hydrogens is 524 g/mol. The second-order valence-electron chi connectivity index (χ2n) is 8.97. The number of amidine groups is 1. The lowest BCUT2D eigenvalue weighted by Crippen LogP contribution is -2.47. The van der Waals surface area contributed by atoms with E-state index in [-0.39, 0.29) is 18.2 Å². The van der Waals surface area contributed by atoms with Crippen molar-refractivity contribution in [1.82, 2.24) is 4.90 Å². The summed E-state index contributed by atoms with van der Waals surface area (Å²) in [5, 5.41) is 12.3. The third kappa shape index (κ3) is 5.84. The first kappa shape index (κ1) is 25.8. The number of amides is 1. The minimum absolute atomic E-state index is 0.0346. The zero-order valence-corrected chi connectivity index (χ0v) is 22.2. The van der Waals surface area contributed by atoms with Gasteiger partial charge in [-0.05, 0) is 66.2 Å². The number of rotatable bonds is 6. The van der Waals surface area contributed by atoms with Gasteiger partial charge in [0, 0.05) is 54.6 Å². The Hall–Kier alpha value is -3.82. The summed E-state index contributed by atoms with van der Waals surface area (Å²) in [4.78, 5) is 32.5. The summed E-state index contributed by atoms with van der Waals surface area (Å²) < 4.78 is 5.98. The first-order chi connectivity index (χ1) is 18.4. The van der Waals surface area contributed by atoms with Crippen LogP contribution in [0.25, 0.3) is 6.08 Å². The van der Waals surface area contributed by atoms with Gasteiger partial charge in [-0.2, -0.15) is 4.99 Å². The molecule has 2 heterocycles. The third-order valence-electron chi connectivity index (χ3n) is 6.43.